The van der Waals surface area contributed by atoms with Crippen LogP contribution >= 0.6 is 11.6 Å². The van der Waals surface area contributed by atoms with Crippen molar-refractivity contribution in [2.45, 2.75) is 13.0 Å². The topological polar surface area (TPSA) is 39.7 Å². The van der Waals surface area contributed by atoms with Gasteiger partial charge in [0.05, 0.1) is 17.3 Å². The van der Waals surface area contributed by atoms with Gasteiger partial charge in [0.15, 0.2) is 11.5 Å². The van der Waals surface area contributed by atoms with E-state index in [1.54, 1.807) is 13.2 Å². The first-order chi connectivity index (χ1) is 8.20. The second-order valence-electron chi connectivity index (χ2n) is 3.98. The second kappa shape index (κ2) is 5.47. The Bertz CT molecular complexity index is 398. The maximum Gasteiger partial charge on any atom is 0.163 e. The third kappa shape index (κ3) is 2.96. The van der Waals surface area contributed by atoms with Gasteiger partial charge < -0.3 is 19.5 Å². The SMILES string of the molecule is COCC(C)Nc1cc2c(cc1Cl)OCCO2. The molecule has 0 radical (unpaired) electrons. The molecule has 0 bridgehead atoms. The molecule has 1 unspecified atom stereocenters. The van der Waals surface area contributed by atoms with Crippen molar-refractivity contribution >= 4 is 17.3 Å². The lowest BCUT2D eigenvalue weighted by Gasteiger charge is -2.21. The maximum absolute atomic E-state index is 6.17. The first-order valence-corrected chi connectivity index (χ1v) is 5.93. The molecular weight excluding hydrogens is 242 g/mol. The molecule has 0 aromatic heterocycles. The normalized spacial score (nSPS) is 15.5. The van der Waals surface area contributed by atoms with Gasteiger partial charge in [-0.2, -0.15) is 0 Å². The summed E-state index contributed by atoms with van der Waals surface area (Å²) in [6, 6.07) is 3.82. The average Bonchev–Trinajstić information content (AvgIpc) is 2.30. The van der Waals surface area contributed by atoms with E-state index in [9.17, 15) is 0 Å². The van der Waals surface area contributed by atoms with E-state index in [2.05, 4.69) is 5.32 Å². The first kappa shape index (κ1) is 12.3. The Morgan fingerprint density at radius 3 is 2.65 bits per heavy atom. The number of hydrogen-bond donors (Lipinski definition) is 1. The number of halogens is 1. The molecule has 1 aromatic carbocycles. The molecule has 0 saturated carbocycles. The van der Waals surface area contributed by atoms with E-state index in [4.69, 9.17) is 25.8 Å². The monoisotopic (exact) mass is 257 g/mol. The summed E-state index contributed by atoms with van der Waals surface area (Å²) in [4.78, 5) is 0. The fraction of sp³-hybridized carbons (Fsp3) is 0.500. The molecule has 2 rings (SSSR count). The zero-order valence-electron chi connectivity index (χ0n) is 9.96. The Hall–Kier alpha value is -1.13. The molecule has 1 aromatic rings. The molecule has 0 fully saturated rings. The van der Waals surface area contributed by atoms with E-state index in [0.717, 1.165) is 11.4 Å². The highest BCUT2D eigenvalue weighted by atomic mass is 35.5. The van der Waals surface area contributed by atoms with E-state index < -0.39 is 0 Å². The van der Waals surface area contributed by atoms with Crippen LogP contribution in [-0.4, -0.2) is 33.0 Å². The number of rotatable bonds is 4. The summed E-state index contributed by atoms with van der Waals surface area (Å²) in [5.74, 6) is 1.43. The van der Waals surface area contributed by atoms with Gasteiger partial charge in [0.2, 0.25) is 0 Å². The van der Waals surface area contributed by atoms with Crippen LogP contribution in [0.15, 0.2) is 12.1 Å². The smallest absolute Gasteiger partial charge is 0.163 e. The predicted octanol–water partition coefficient (Wildman–Crippen LogP) is 2.56. The summed E-state index contributed by atoms with van der Waals surface area (Å²) in [6.45, 7) is 3.78. The molecule has 5 heteroatoms. The van der Waals surface area contributed by atoms with Crippen molar-refractivity contribution in [1.82, 2.24) is 0 Å². The van der Waals surface area contributed by atoms with Crippen LogP contribution < -0.4 is 14.8 Å². The van der Waals surface area contributed by atoms with Crippen molar-refractivity contribution in [2.24, 2.45) is 0 Å². The van der Waals surface area contributed by atoms with Gasteiger partial charge in [-0.3, -0.25) is 0 Å². The molecule has 94 valence electrons. The average molecular weight is 258 g/mol. The Morgan fingerprint density at radius 2 is 2.00 bits per heavy atom. The number of methoxy groups -OCH3 is 1. The molecule has 0 saturated heterocycles. The third-order valence-corrected chi connectivity index (χ3v) is 2.76. The number of ether oxygens (including phenoxy) is 3. The molecule has 0 aliphatic carbocycles. The van der Waals surface area contributed by atoms with Crippen molar-refractivity contribution in [3.05, 3.63) is 17.2 Å². The van der Waals surface area contributed by atoms with Crippen LogP contribution in [0.5, 0.6) is 11.5 Å². The number of benzene rings is 1. The minimum absolute atomic E-state index is 0.181. The van der Waals surface area contributed by atoms with Crippen LogP contribution in [0.1, 0.15) is 6.92 Å². The van der Waals surface area contributed by atoms with E-state index in [1.807, 2.05) is 13.0 Å². The van der Waals surface area contributed by atoms with Crippen LogP contribution in [0.2, 0.25) is 5.02 Å². The van der Waals surface area contributed by atoms with Gasteiger partial charge in [0, 0.05) is 25.3 Å². The quantitative estimate of drug-likeness (QED) is 0.900. The Kier molecular flexibility index (Phi) is 3.97. The summed E-state index contributed by atoms with van der Waals surface area (Å²) in [5.41, 5.74) is 0.834. The van der Waals surface area contributed by atoms with E-state index in [1.165, 1.54) is 0 Å². The third-order valence-electron chi connectivity index (χ3n) is 2.45. The predicted molar refractivity (Wildman–Crippen MR) is 67.4 cm³/mol. The van der Waals surface area contributed by atoms with Crippen LogP contribution in [0, 0.1) is 0 Å². The first-order valence-electron chi connectivity index (χ1n) is 5.55. The molecule has 17 heavy (non-hydrogen) atoms. The van der Waals surface area contributed by atoms with Gasteiger partial charge in [0.1, 0.15) is 13.2 Å². The Labute approximate surface area is 106 Å². The van der Waals surface area contributed by atoms with Gasteiger partial charge in [0.25, 0.3) is 0 Å². The van der Waals surface area contributed by atoms with Crippen molar-refractivity contribution in [2.75, 3.05) is 32.2 Å². The van der Waals surface area contributed by atoms with E-state index >= 15 is 0 Å². The van der Waals surface area contributed by atoms with Gasteiger partial charge in [-0.05, 0) is 6.92 Å². The standard InChI is InChI=1S/C12H16ClNO3/c1-8(7-15-2)14-10-6-12-11(5-9(10)13)16-3-4-17-12/h5-6,8,14H,3-4,7H2,1-2H3. The summed E-state index contributed by atoms with van der Waals surface area (Å²) < 4.78 is 16.0. The summed E-state index contributed by atoms with van der Waals surface area (Å²) in [7, 11) is 1.67. The zero-order valence-corrected chi connectivity index (χ0v) is 10.7. The minimum Gasteiger partial charge on any atom is -0.486 e. The Morgan fingerprint density at radius 1 is 1.35 bits per heavy atom. The fourth-order valence-corrected chi connectivity index (χ4v) is 1.94. The van der Waals surface area contributed by atoms with Crippen LogP contribution in [0.4, 0.5) is 5.69 Å². The fourth-order valence-electron chi connectivity index (χ4n) is 1.73. The summed E-state index contributed by atoms with van der Waals surface area (Å²) in [6.07, 6.45) is 0. The minimum atomic E-state index is 0.181. The van der Waals surface area contributed by atoms with Gasteiger partial charge in [-0.25, -0.2) is 0 Å². The lowest BCUT2D eigenvalue weighted by atomic mass is 10.2. The van der Waals surface area contributed by atoms with Crippen molar-refractivity contribution in [1.29, 1.82) is 0 Å². The van der Waals surface area contributed by atoms with Crippen molar-refractivity contribution < 1.29 is 14.2 Å². The van der Waals surface area contributed by atoms with Crippen LogP contribution in [0.25, 0.3) is 0 Å². The molecule has 0 amide bonds. The molecule has 1 heterocycles. The zero-order chi connectivity index (χ0) is 12.3. The lowest BCUT2D eigenvalue weighted by molar-refractivity contribution is 0.171. The molecule has 1 aliphatic heterocycles. The molecule has 0 spiro atoms. The molecule has 1 N–H and O–H groups in total. The van der Waals surface area contributed by atoms with Gasteiger partial charge in [-0.1, -0.05) is 11.6 Å². The highest BCUT2D eigenvalue weighted by molar-refractivity contribution is 6.33. The maximum atomic E-state index is 6.17. The molecule has 1 atom stereocenters. The van der Waals surface area contributed by atoms with E-state index in [-0.39, 0.29) is 6.04 Å². The van der Waals surface area contributed by atoms with Gasteiger partial charge in [-0.15, -0.1) is 0 Å². The number of nitrogens with one attached hydrogen (secondary N) is 1. The number of hydrogen-bond acceptors (Lipinski definition) is 4. The molecular formula is C12H16ClNO3. The summed E-state index contributed by atoms with van der Waals surface area (Å²) >= 11 is 6.17. The highest BCUT2D eigenvalue weighted by Gasteiger charge is 2.15. The number of fused-ring (bicyclic) bond motifs is 1. The largest absolute Gasteiger partial charge is 0.486 e. The van der Waals surface area contributed by atoms with Crippen molar-refractivity contribution in [3.8, 4) is 11.5 Å². The van der Waals surface area contributed by atoms with Crippen LogP contribution in [0.3, 0.4) is 0 Å². The molecule has 4 nitrogen and oxygen atoms in total. The van der Waals surface area contributed by atoms with Crippen molar-refractivity contribution in [3.63, 3.8) is 0 Å². The van der Waals surface area contributed by atoms with Crippen LogP contribution in [-0.2, 0) is 4.74 Å². The molecule has 1 aliphatic rings. The highest BCUT2D eigenvalue weighted by Crippen LogP contribution is 2.38. The van der Waals surface area contributed by atoms with Gasteiger partial charge >= 0.3 is 0 Å². The lowest BCUT2D eigenvalue weighted by Crippen LogP contribution is -2.21. The number of anilines is 1. The Balaban J connectivity index is 2.16. The summed E-state index contributed by atoms with van der Waals surface area (Å²) in [5, 5.41) is 3.89. The van der Waals surface area contributed by atoms with E-state index in [0.29, 0.717) is 30.6 Å². The second-order valence-corrected chi connectivity index (χ2v) is 4.38.